The molecule has 0 bridgehead atoms. The van der Waals surface area contributed by atoms with Crippen molar-refractivity contribution in [1.29, 1.82) is 5.26 Å². The van der Waals surface area contributed by atoms with Gasteiger partial charge in [-0.25, -0.2) is 4.79 Å². The van der Waals surface area contributed by atoms with Crippen molar-refractivity contribution in [1.82, 2.24) is 9.13 Å². The molecule has 0 fully saturated rings. The van der Waals surface area contributed by atoms with Gasteiger partial charge in [-0.2, -0.15) is 5.26 Å². The number of hydrogen-bond donors (Lipinski definition) is 1. The van der Waals surface area contributed by atoms with E-state index < -0.39 is 11.2 Å². The second kappa shape index (κ2) is 6.93. The van der Waals surface area contributed by atoms with Gasteiger partial charge in [-0.1, -0.05) is 37.6 Å². The highest BCUT2D eigenvalue weighted by atomic mass is 35.5. The predicted octanol–water partition coefficient (Wildman–Crippen LogP) is 2.42. The van der Waals surface area contributed by atoms with E-state index in [1.165, 1.54) is 18.7 Å². The number of benzene rings is 1. The van der Waals surface area contributed by atoms with E-state index in [-0.39, 0.29) is 23.3 Å². The monoisotopic (exact) mass is 346 g/mol. The lowest BCUT2D eigenvalue weighted by molar-refractivity contribution is 0.538. The summed E-state index contributed by atoms with van der Waals surface area (Å²) in [5.74, 6) is 0.371. The Balaban J connectivity index is 2.59. The Hall–Kier alpha value is -2.52. The second-order valence-corrected chi connectivity index (χ2v) is 6.40. The molecule has 0 radical (unpaired) electrons. The van der Waals surface area contributed by atoms with Crippen LogP contribution in [0.5, 0.6) is 0 Å². The molecule has 0 unspecified atom stereocenters. The smallest absolute Gasteiger partial charge is 0.332 e. The highest BCUT2D eigenvalue weighted by Crippen LogP contribution is 2.27. The summed E-state index contributed by atoms with van der Waals surface area (Å²) in [7, 11) is 2.89. The number of rotatable bonds is 4. The molecular weight excluding hydrogens is 328 g/mol. The highest BCUT2D eigenvalue weighted by molar-refractivity contribution is 6.30. The van der Waals surface area contributed by atoms with E-state index in [4.69, 9.17) is 11.6 Å². The first-order valence-corrected chi connectivity index (χ1v) is 7.87. The summed E-state index contributed by atoms with van der Waals surface area (Å²) >= 11 is 5.94. The van der Waals surface area contributed by atoms with E-state index in [2.05, 4.69) is 5.32 Å². The van der Waals surface area contributed by atoms with Gasteiger partial charge in [-0.15, -0.1) is 0 Å². The Labute approximate surface area is 144 Å². The minimum atomic E-state index is -0.610. The molecule has 1 N–H and O–H groups in total. The van der Waals surface area contributed by atoms with Gasteiger partial charge < -0.3 is 5.32 Å². The van der Waals surface area contributed by atoms with Crippen LogP contribution in [-0.2, 0) is 14.1 Å². The summed E-state index contributed by atoms with van der Waals surface area (Å²) in [6.45, 7) is 4.02. The molecule has 0 aliphatic carbocycles. The van der Waals surface area contributed by atoms with Crippen LogP contribution in [0.25, 0.3) is 0 Å². The summed E-state index contributed by atoms with van der Waals surface area (Å²) < 4.78 is 2.21. The van der Waals surface area contributed by atoms with Crippen LogP contribution in [-0.4, -0.2) is 9.13 Å². The van der Waals surface area contributed by atoms with Crippen molar-refractivity contribution in [2.75, 3.05) is 5.32 Å². The second-order valence-electron chi connectivity index (χ2n) is 5.96. The Bertz CT molecular complexity index is 904. The quantitative estimate of drug-likeness (QED) is 0.922. The summed E-state index contributed by atoms with van der Waals surface area (Å²) in [5, 5.41) is 13.2. The molecule has 7 heteroatoms. The van der Waals surface area contributed by atoms with Crippen LogP contribution in [0.3, 0.4) is 0 Å². The van der Waals surface area contributed by atoms with Crippen LogP contribution < -0.4 is 16.6 Å². The predicted molar refractivity (Wildman–Crippen MR) is 94.3 cm³/mol. The maximum absolute atomic E-state index is 12.2. The molecular formula is C17H19ClN4O2. The van der Waals surface area contributed by atoms with Gasteiger partial charge in [0.2, 0.25) is 0 Å². The molecule has 24 heavy (non-hydrogen) atoms. The van der Waals surface area contributed by atoms with Crippen molar-refractivity contribution in [3.05, 3.63) is 61.3 Å². The molecule has 0 spiro atoms. The van der Waals surface area contributed by atoms with Gasteiger partial charge in [0, 0.05) is 19.1 Å². The van der Waals surface area contributed by atoms with E-state index >= 15 is 0 Å². The number of nitriles is 1. The zero-order chi connectivity index (χ0) is 18.0. The SMILES string of the molecule is CC(C)[C@H](Nc1c(C#N)c(=O)n(C)c(=O)n1C)c1ccc(Cl)cc1. The topological polar surface area (TPSA) is 79.8 Å². The average molecular weight is 347 g/mol. The molecule has 0 saturated carbocycles. The minimum absolute atomic E-state index is 0.0841. The van der Waals surface area contributed by atoms with E-state index in [1.807, 2.05) is 32.0 Å². The van der Waals surface area contributed by atoms with Gasteiger partial charge in [0.25, 0.3) is 5.56 Å². The molecule has 1 aromatic carbocycles. The molecule has 1 heterocycles. The van der Waals surface area contributed by atoms with Crippen molar-refractivity contribution >= 4 is 17.4 Å². The molecule has 1 aromatic heterocycles. The Morgan fingerprint density at radius 1 is 1.12 bits per heavy atom. The van der Waals surface area contributed by atoms with Crippen LogP contribution in [0.1, 0.15) is 31.0 Å². The van der Waals surface area contributed by atoms with Gasteiger partial charge >= 0.3 is 5.69 Å². The Morgan fingerprint density at radius 3 is 2.21 bits per heavy atom. The maximum Gasteiger partial charge on any atom is 0.332 e. The van der Waals surface area contributed by atoms with Crippen LogP contribution >= 0.6 is 11.6 Å². The highest BCUT2D eigenvalue weighted by Gasteiger charge is 2.21. The van der Waals surface area contributed by atoms with Crippen molar-refractivity contribution < 1.29 is 0 Å². The minimum Gasteiger partial charge on any atom is -0.363 e. The lowest BCUT2D eigenvalue weighted by atomic mass is 9.96. The van der Waals surface area contributed by atoms with Crippen LogP contribution in [0.2, 0.25) is 5.02 Å². The Morgan fingerprint density at radius 2 is 1.71 bits per heavy atom. The normalized spacial score (nSPS) is 12.0. The lowest BCUT2D eigenvalue weighted by Crippen LogP contribution is -2.40. The van der Waals surface area contributed by atoms with Gasteiger partial charge in [-0.05, 0) is 23.6 Å². The first-order valence-electron chi connectivity index (χ1n) is 7.50. The van der Waals surface area contributed by atoms with Crippen molar-refractivity contribution in [3.63, 3.8) is 0 Å². The van der Waals surface area contributed by atoms with Crippen LogP contribution in [0.4, 0.5) is 5.82 Å². The van der Waals surface area contributed by atoms with Gasteiger partial charge in [-0.3, -0.25) is 13.9 Å². The molecule has 126 valence electrons. The largest absolute Gasteiger partial charge is 0.363 e. The zero-order valence-electron chi connectivity index (χ0n) is 14.0. The summed E-state index contributed by atoms with van der Waals surface area (Å²) in [6, 6.07) is 9.03. The Kier molecular flexibility index (Phi) is 5.15. The molecule has 0 amide bonds. The van der Waals surface area contributed by atoms with E-state index in [9.17, 15) is 14.9 Å². The molecule has 0 saturated heterocycles. The fourth-order valence-electron chi connectivity index (χ4n) is 2.57. The van der Waals surface area contributed by atoms with Crippen molar-refractivity contribution in [3.8, 4) is 6.07 Å². The van der Waals surface area contributed by atoms with Crippen LogP contribution in [0, 0.1) is 17.2 Å². The summed E-state index contributed by atoms with van der Waals surface area (Å²) in [6.07, 6.45) is 0. The number of hydrogen-bond acceptors (Lipinski definition) is 4. The van der Waals surface area contributed by atoms with Gasteiger partial charge in [0.1, 0.15) is 11.9 Å². The first-order chi connectivity index (χ1) is 11.3. The van der Waals surface area contributed by atoms with E-state index in [1.54, 1.807) is 12.1 Å². The standard InChI is InChI=1S/C17H19ClN4O2/c1-10(2)14(11-5-7-12(18)8-6-11)20-15-13(9-19)16(23)22(4)17(24)21(15)3/h5-8,10,14,20H,1-4H3/t14-/m0/s1. The number of anilines is 1. The van der Waals surface area contributed by atoms with E-state index in [0.717, 1.165) is 10.1 Å². The number of nitrogens with zero attached hydrogens (tertiary/aromatic N) is 3. The third-order valence-corrected chi connectivity index (χ3v) is 4.22. The van der Waals surface area contributed by atoms with E-state index in [0.29, 0.717) is 5.02 Å². The fraction of sp³-hybridized carbons (Fsp3) is 0.353. The van der Waals surface area contributed by atoms with Crippen molar-refractivity contribution in [2.45, 2.75) is 19.9 Å². The molecule has 2 rings (SSSR count). The fourth-order valence-corrected chi connectivity index (χ4v) is 2.69. The molecule has 2 aromatic rings. The zero-order valence-corrected chi connectivity index (χ0v) is 14.8. The van der Waals surface area contributed by atoms with Gasteiger partial charge in [0.15, 0.2) is 5.56 Å². The number of halogens is 1. The molecule has 0 aliphatic rings. The third kappa shape index (κ3) is 3.22. The molecule has 1 atom stereocenters. The lowest BCUT2D eigenvalue weighted by Gasteiger charge is -2.26. The van der Waals surface area contributed by atoms with Crippen molar-refractivity contribution in [2.24, 2.45) is 20.0 Å². The molecule has 6 nitrogen and oxygen atoms in total. The summed E-state index contributed by atoms with van der Waals surface area (Å²) in [5.41, 5.74) is -0.229. The third-order valence-electron chi connectivity index (χ3n) is 3.96. The first kappa shape index (κ1) is 17.8. The average Bonchev–Trinajstić information content (AvgIpc) is 2.55. The van der Waals surface area contributed by atoms with Gasteiger partial charge in [0.05, 0.1) is 6.04 Å². The molecule has 0 aliphatic heterocycles. The summed E-state index contributed by atoms with van der Waals surface area (Å²) in [4.78, 5) is 24.4. The maximum atomic E-state index is 12.2. The number of aromatic nitrogens is 2. The number of nitrogens with one attached hydrogen (secondary N) is 1. The van der Waals surface area contributed by atoms with Crippen LogP contribution in [0.15, 0.2) is 33.9 Å².